The molecule has 0 aliphatic heterocycles. The van der Waals surface area contributed by atoms with Crippen LogP contribution in [0.25, 0.3) is 11.0 Å². The van der Waals surface area contributed by atoms with Crippen molar-refractivity contribution in [1.82, 2.24) is 9.55 Å². The fourth-order valence-corrected chi connectivity index (χ4v) is 2.10. The van der Waals surface area contributed by atoms with Gasteiger partial charge in [0.05, 0.1) is 23.8 Å². The summed E-state index contributed by atoms with van der Waals surface area (Å²) in [6.07, 6.45) is 0.0994. The van der Waals surface area contributed by atoms with Crippen LogP contribution in [-0.2, 0) is 11.3 Å². The molecule has 110 valence electrons. The largest absolute Gasteiger partial charge is 0.489 e. The van der Waals surface area contributed by atoms with E-state index in [0.29, 0.717) is 12.5 Å². The number of anilines is 1. The van der Waals surface area contributed by atoms with Gasteiger partial charge in [0.2, 0.25) is 5.95 Å². The zero-order valence-electron chi connectivity index (χ0n) is 12.8. The van der Waals surface area contributed by atoms with Crippen LogP contribution < -0.4 is 10.5 Å². The van der Waals surface area contributed by atoms with Crippen LogP contribution in [0.3, 0.4) is 0 Å². The summed E-state index contributed by atoms with van der Waals surface area (Å²) in [4.78, 5) is 4.44. The molecule has 1 aromatic heterocycles. The van der Waals surface area contributed by atoms with Gasteiger partial charge in [0.25, 0.3) is 0 Å². The summed E-state index contributed by atoms with van der Waals surface area (Å²) in [5.74, 6) is 1.24. The molecule has 0 saturated carbocycles. The third-order valence-electron chi connectivity index (χ3n) is 3.23. The fraction of sp³-hybridized carbons (Fsp3) is 0.533. The van der Waals surface area contributed by atoms with Crippen LogP contribution in [0.5, 0.6) is 5.75 Å². The summed E-state index contributed by atoms with van der Waals surface area (Å²) in [7, 11) is 1.70. The monoisotopic (exact) mass is 277 g/mol. The van der Waals surface area contributed by atoms with Gasteiger partial charge in [-0.25, -0.2) is 4.98 Å². The predicted molar refractivity (Wildman–Crippen MR) is 81.0 cm³/mol. The molecule has 5 nitrogen and oxygen atoms in total. The SMILES string of the molecule is COC(C)(C)Cn1c(N)nc2c(OC(C)C)cccc21. The van der Waals surface area contributed by atoms with Crippen molar-refractivity contribution in [2.45, 2.75) is 45.9 Å². The van der Waals surface area contributed by atoms with Crippen molar-refractivity contribution in [3.63, 3.8) is 0 Å². The minimum Gasteiger partial charge on any atom is -0.489 e. The van der Waals surface area contributed by atoms with Crippen LogP contribution >= 0.6 is 0 Å². The molecule has 0 aliphatic carbocycles. The number of nitrogens with zero attached hydrogens (tertiary/aromatic N) is 2. The number of nitrogens with two attached hydrogens (primary N) is 1. The highest BCUT2D eigenvalue weighted by atomic mass is 16.5. The number of imidazole rings is 1. The van der Waals surface area contributed by atoms with Gasteiger partial charge >= 0.3 is 0 Å². The number of hydrogen-bond acceptors (Lipinski definition) is 4. The van der Waals surface area contributed by atoms with E-state index in [0.717, 1.165) is 16.8 Å². The molecule has 1 aromatic carbocycles. The molecule has 0 fully saturated rings. The van der Waals surface area contributed by atoms with E-state index < -0.39 is 0 Å². The number of aromatic nitrogens is 2. The van der Waals surface area contributed by atoms with Gasteiger partial charge in [-0.2, -0.15) is 0 Å². The van der Waals surface area contributed by atoms with Crippen molar-refractivity contribution >= 4 is 17.0 Å². The van der Waals surface area contributed by atoms with Crippen LogP contribution in [0.4, 0.5) is 5.95 Å². The first kappa shape index (κ1) is 14.7. The number of methoxy groups -OCH3 is 1. The zero-order valence-corrected chi connectivity index (χ0v) is 12.8. The minimum absolute atomic E-state index is 0.0994. The number of nitrogen functional groups attached to an aromatic ring is 1. The average molecular weight is 277 g/mol. The third-order valence-corrected chi connectivity index (χ3v) is 3.23. The van der Waals surface area contributed by atoms with Gasteiger partial charge in [-0.1, -0.05) is 6.07 Å². The van der Waals surface area contributed by atoms with E-state index in [1.807, 2.05) is 50.5 Å². The Bertz CT molecular complexity index is 602. The highest BCUT2D eigenvalue weighted by molar-refractivity contribution is 5.84. The van der Waals surface area contributed by atoms with Crippen LogP contribution in [-0.4, -0.2) is 28.4 Å². The topological polar surface area (TPSA) is 62.3 Å². The minimum atomic E-state index is -0.309. The second-order valence-corrected chi connectivity index (χ2v) is 5.81. The molecule has 2 rings (SSSR count). The maximum atomic E-state index is 6.06. The molecular formula is C15H23N3O2. The van der Waals surface area contributed by atoms with Crippen molar-refractivity contribution in [2.75, 3.05) is 12.8 Å². The van der Waals surface area contributed by atoms with Gasteiger partial charge in [0, 0.05) is 7.11 Å². The van der Waals surface area contributed by atoms with Crippen molar-refractivity contribution in [2.24, 2.45) is 0 Å². The Morgan fingerprint density at radius 1 is 1.35 bits per heavy atom. The van der Waals surface area contributed by atoms with Gasteiger partial charge in [-0.15, -0.1) is 0 Å². The average Bonchev–Trinajstić information content (AvgIpc) is 2.67. The molecule has 0 spiro atoms. The van der Waals surface area contributed by atoms with Crippen molar-refractivity contribution in [3.05, 3.63) is 18.2 Å². The zero-order chi connectivity index (χ0) is 14.9. The number of hydrogen-bond donors (Lipinski definition) is 1. The molecule has 2 N–H and O–H groups in total. The normalized spacial score (nSPS) is 12.3. The molecular weight excluding hydrogens is 254 g/mol. The first-order valence-electron chi connectivity index (χ1n) is 6.80. The first-order chi connectivity index (χ1) is 9.34. The van der Waals surface area contributed by atoms with E-state index in [2.05, 4.69) is 4.98 Å². The number of benzene rings is 1. The van der Waals surface area contributed by atoms with Gasteiger partial charge in [0.1, 0.15) is 11.3 Å². The molecule has 0 saturated heterocycles. The molecule has 0 radical (unpaired) electrons. The molecule has 0 unspecified atom stereocenters. The van der Waals surface area contributed by atoms with E-state index in [1.165, 1.54) is 0 Å². The lowest BCUT2D eigenvalue weighted by Crippen LogP contribution is -2.29. The Morgan fingerprint density at radius 3 is 2.65 bits per heavy atom. The van der Waals surface area contributed by atoms with E-state index in [4.69, 9.17) is 15.2 Å². The summed E-state index contributed by atoms with van der Waals surface area (Å²) >= 11 is 0. The van der Waals surface area contributed by atoms with Crippen molar-refractivity contribution in [1.29, 1.82) is 0 Å². The highest BCUT2D eigenvalue weighted by Gasteiger charge is 2.21. The first-order valence-corrected chi connectivity index (χ1v) is 6.80. The van der Waals surface area contributed by atoms with Gasteiger partial charge in [-0.3, -0.25) is 0 Å². The van der Waals surface area contributed by atoms with Crippen LogP contribution in [0.1, 0.15) is 27.7 Å². The lowest BCUT2D eigenvalue weighted by Gasteiger charge is -2.24. The van der Waals surface area contributed by atoms with E-state index >= 15 is 0 Å². The number of ether oxygens (including phenoxy) is 2. The Kier molecular flexibility index (Phi) is 3.90. The lowest BCUT2D eigenvalue weighted by atomic mass is 10.1. The molecule has 20 heavy (non-hydrogen) atoms. The number of rotatable bonds is 5. The van der Waals surface area contributed by atoms with Crippen molar-refractivity contribution in [3.8, 4) is 5.75 Å². The van der Waals surface area contributed by atoms with Gasteiger partial charge in [0.15, 0.2) is 0 Å². The number of fused-ring (bicyclic) bond motifs is 1. The third kappa shape index (κ3) is 2.88. The summed E-state index contributed by atoms with van der Waals surface area (Å²) in [5.41, 5.74) is 7.51. The molecule has 1 heterocycles. The smallest absolute Gasteiger partial charge is 0.201 e. The standard InChI is InChI=1S/C15H23N3O2/c1-10(2)20-12-8-6-7-11-13(12)17-14(16)18(11)9-15(3,4)19-5/h6-8,10H,9H2,1-5H3,(H2,16,17). The summed E-state index contributed by atoms with van der Waals surface area (Å²) < 4.78 is 13.2. The molecule has 0 bridgehead atoms. The molecule has 5 heteroatoms. The van der Waals surface area contributed by atoms with Gasteiger partial charge < -0.3 is 19.8 Å². The Balaban J connectivity index is 2.49. The maximum absolute atomic E-state index is 6.06. The Morgan fingerprint density at radius 2 is 2.05 bits per heavy atom. The predicted octanol–water partition coefficient (Wildman–Crippen LogP) is 2.83. The van der Waals surface area contributed by atoms with Crippen LogP contribution in [0.2, 0.25) is 0 Å². The van der Waals surface area contributed by atoms with E-state index in [-0.39, 0.29) is 11.7 Å². The molecule has 0 aliphatic rings. The van der Waals surface area contributed by atoms with E-state index in [9.17, 15) is 0 Å². The molecule has 0 amide bonds. The van der Waals surface area contributed by atoms with E-state index in [1.54, 1.807) is 7.11 Å². The lowest BCUT2D eigenvalue weighted by molar-refractivity contribution is 0.00947. The van der Waals surface area contributed by atoms with Gasteiger partial charge in [-0.05, 0) is 39.8 Å². The summed E-state index contributed by atoms with van der Waals surface area (Å²) in [5, 5.41) is 0. The second kappa shape index (κ2) is 5.32. The second-order valence-electron chi connectivity index (χ2n) is 5.81. The summed E-state index contributed by atoms with van der Waals surface area (Å²) in [6.45, 7) is 8.66. The quantitative estimate of drug-likeness (QED) is 0.912. The highest BCUT2D eigenvalue weighted by Crippen LogP contribution is 2.29. The molecule has 2 aromatic rings. The fourth-order valence-electron chi connectivity index (χ4n) is 2.10. The van der Waals surface area contributed by atoms with Crippen LogP contribution in [0.15, 0.2) is 18.2 Å². The maximum Gasteiger partial charge on any atom is 0.201 e. The Labute approximate surface area is 119 Å². The summed E-state index contributed by atoms with van der Waals surface area (Å²) in [6, 6.07) is 5.87. The Hall–Kier alpha value is -1.75. The number of para-hydroxylation sites is 1. The van der Waals surface area contributed by atoms with Crippen molar-refractivity contribution < 1.29 is 9.47 Å². The van der Waals surface area contributed by atoms with Crippen LogP contribution in [0, 0.1) is 0 Å². The molecule has 0 atom stereocenters.